The van der Waals surface area contributed by atoms with E-state index in [0.717, 1.165) is 25.1 Å². The highest BCUT2D eigenvalue weighted by Gasteiger charge is 2.42. The van der Waals surface area contributed by atoms with Gasteiger partial charge in [0.25, 0.3) is 0 Å². The van der Waals surface area contributed by atoms with Crippen LogP contribution in [0.25, 0.3) is 0 Å². The van der Waals surface area contributed by atoms with Crippen LogP contribution in [-0.4, -0.2) is 62.0 Å². The van der Waals surface area contributed by atoms with Crippen molar-refractivity contribution >= 4 is 28.8 Å². The minimum Gasteiger partial charge on any atom is -0.497 e. The number of aliphatic imine (C=N–C) groups is 1. The number of rotatable bonds is 10. The molecule has 192 valence electrons. The van der Waals surface area contributed by atoms with Crippen molar-refractivity contribution in [2.24, 2.45) is 4.99 Å². The number of benzene rings is 1. The molecule has 0 spiro atoms. The maximum Gasteiger partial charge on any atom is 0.338 e. The summed E-state index contributed by atoms with van der Waals surface area (Å²) in [6.45, 7) is 6.69. The molecule has 1 aromatic carbocycles. The minimum absolute atomic E-state index is 0.0543. The average molecular weight is 514 g/mol. The van der Waals surface area contributed by atoms with Crippen molar-refractivity contribution in [3.05, 3.63) is 58.8 Å². The van der Waals surface area contributed by atoms with Crippen LogP contribution in [0.1, 0.15) is 37.8 Å². The number of fused-ring (bicyclic) bond motifs is 1. The first-order valence-corrected chi connectivity index (χ1v) is 12.7. The molecule has 1 N–H and O–H groups in total. The fourth-order valence-corrected chi connectivity index (χ4v) is 5.41. The molecule has 0 bridgehead atoms. The quantitative estimate of drug-likeness (QED) is 0.374. The lowest BCUT2D eigenvalue weighted by Gasteiger charge is -2.36. The maximum absolute atomic E-state index is 13.3. The summed E-state index contributed by atoms with van der Waals surface area (Å²) in [5, 5.41) is 5.54. The number of allylic oxidation sites excluding steroid dienone is 1. The van der Waals surface area contributed by atoms with Crippen LogP contribution in [0.15, 0.2) is 58.2 Å². The number of amides is 1. The molecular formula is C26H31N3O6S. The van der Waals surface area contributed by atoms with Crippen molar-refractivity contribution in [3.63, 3.8) is 0 Å². The van der Waals surface area contributed by atoms with E-state index in [0.29, 0.717) is 40.0 Å². The molecule has 10 heteroatoms. The molecule has 0 saturated carbocycles. The molecule has 3 aliphatic heterocycles. The van der Waals surface area contributed by atoms with Gasteiger partial charge in [-0.3, -0.25) is 4.79 Å². The van der Waals surface area contributed by atoms with Gasteiger partial charge in [-0.15, -0.1) is 0 Å². The Hall–Kier alpha value is -3.24. The fraction of sp³-hybridized carbons (Fsp3) is 0.423. The van der Waals surface area contributed by atoms with E-state index in [1.165, 1.54) is 17.8 Å². The second-order valence-corrected chi connectivity index (χ2v) is 9.34. The third-order valence-electron chi connectivity index (χ3n) is 6.18. The zero-order valence-electron chi connectivity index (χ0n) is 20.7. The van der Waals surface area contributed by atoms with Crippen molar-refractivity contribution in [1.82, 2.24) is 10.2 Å². The van der Waals surface area contributed by atoms with Crippen LogP contribution < -0.4 is 14.8 Å². The van der Waals surface area contributed by atoms with E-state index >= 15 is 0 Å². The first kappa shape index (κ1) is 25.8. The molecule has 4 rings (SSSR count). The lowest BCUT2D eigenvalue weighted by atomic mass is 9.92. The Bertz CT molecular complexity index is 1120. The summed E-state index contributed by atoms with van der Waals surface area (Å²) < 4.78 is 22.2. The Labute approximate surface area is 215 Å². The van der Waals surface area contributed by atoms with E-state index in [4.69, 9.17) is 18.9 Å². The zero-order valence-corrected chi connectivity index (χ0v) is 21.6. The molecule has 1 saturated heterocycles. The molecule has 36 heavy (non-hydrogen) atoms. The SMILES string of the molecule is C=CCOC(=O)C1=C(C)N=C2SC=C(CC(=O)NCC3CCCO3)N2C1c1cc(OC)ccc1OC. The number of carbonyl (C=O) groups is 2. The third-order valence-corrected chi connectivity index (χ3v) is 7.07. The van der Waals surface area contributed by atoms with E-state index in [2.05, 4.69) is 16.9 Å². The number of ether oxygens (including phenoxy) is 4. The Kier molecular flexibility index (Phi) is 8.37. The molecule has 1 fully saturated rings. The smallest absolute Gasteiger partial charge is 0.338 e. The normalized spacial score (nSPS) is 20.9. The summed E-state index contributed by atoms with van der Waals surface area (Å²) >= 11 is 1.41. The highest BCUT2D eigenvalue weighted by atomic mass is 32.2. The van der Waals surface area contributed by atoms with Gasteiger partial charge >= 0.3 is 5.97 Å². The molecule has 1 aromatic rings. The first-order valence-electron chi connectivity index (χ1n) is 11.8. The van der Waals surface area contributed by atoms with Crippen LogP contribution >= 0.6 is 11.8 Å². The highest BCUT2D eigenvalue weighted by molar-refractivity contribution is 8.16. The zero-order chi connectivity index (χ0) is 25.7. The van der Waals surface area contributed by atoms with Gasteiger partial charge in [0.05, 0.1) is 44.1 Å². The van der Waals surface area contributed by atoms with Crippen molar-refractivity contribution < 1.29 is 28.5 Å². The number of esters is 1. The van der Waals surface area contributed by atoms with Gasteiger partial charge in [0.1, 0.15) is 18.1 Å². The van der Waals surface area contributed by atoms with Crippen molar-refractivity contribution in [2.45, 2.75) is 38.3 Å². The van der Waals surface area contributed by atoms with Crippen LogP contribution in [0.2, 0.25) is 0 Å². The van der Waals surface area contributed by atoms with E-state index < -0.39 is 12.0 Å². The fourth-order valence-electron chi connectivity index (χ4n) is 4.45. The Morgan fingerprint density at radius 3 is 2.86 bits per heavy atom. The molecule has 3 aliphatic rings. The molecule has 0 aromatic heterocycles. The summed E-state index contributed by atoms with van der Waals surface area (Å²) in [5.74, 6) is 0.544. The number of amidine groups is 1. The molecule has 9 nitrogen and oxygen atoms in total. The highest BCUT2D eigenvalue weighted by Crippen LogP contribution is 2.47. The molecule has 0 aliphatic carbocycles. The topological polar surface area (TPSA) is 98.7 Å². The molecule has 2 unspecified atom stereocenters. The van der Waals surface area contributed by atoms with Crippen molar-refractivity contribution in [1.29, 1.82) is 0 Å². The standard InChI is InChI=1S/C26H31N3O6S/c1-5-10-35-25(31)23-16(2)28-26-29(24(23)20-13-18(32-3)8-9-21(20)33-4)17(15-36-26)12-22(30)27-14-19-7-6-11-34-19/h5,8-9,13,15,19,24H,1,6-7,10-12,14H2,2-4H3,(H,27,30). The number of nitrogens with zero attached hydrogens (tertiary/aromatic N) is 2. The predicted octanol–water partition coefficient (Wildman–Crippen LogP) is 3.69. The number of thioether (sulfide) groups is 1. The number of methoxy groups -OCH3 is 2. The Morgan fingerprint density at radius 2 is 2.17 bits per heavy atom. The van der Waals surface area contributed by atoms with Gasteiger partial charge < -0.3 is 29.2 Å². The van der Waals surface area contributed by atoms with Crippen LogP contribution in [-0.2, 0) is 19.1 Å². The number of hydrogen-bond donors (Lipinski definition) is 1. The van der Waals surface area contributed by atoms with Crippen LogP contribution in [0.5, 0.6) is 11.5 Å². The monoisotopic (exact) mass is 513 g/mol. The third kappa shape index (κ3) is 5.44. The molecular weight excluding hydrogens is 482 g/mol. The van der Waals surface area contributed by atoms with Gasteiger partial charge in [-0.2, -0.15) is 0 Å². The van der Waals surface area contributed by atoms with E-state index in [-0.39, 0.29) is 25.0 Å². The van der Waals surface area contributed by atoms with Crippen molar-refractivity contribution in [3.8, 4) is 11.5 Å². The average Bonchev–Trinajstić information content (AvgIpc) is 3.55. The Balaban J connectivity index is 1.68. The summed E-state index contributed by atoms with van der Waals surface area (Å²) in [4.78, 5) is 32.7. The number of carbonyl (C=O) groups excluding carboxylic acids is 2. The van der Waals surface area contributed by atoms with Crippen LogP contribution in [0, 0.1) is 0 Å². The van der Waals surface area contributed by atoms with Crippen molar-refractivity contribution in [2.75, 3.05) is 34.0 Å². The van der Waals surface area contributed by atoms with Crippen LogP contribution in [0.4, 0.5) is 0 Å². The van der Waals surface area contributed by atoms with Gasteiger partial charge in [-0.1, -0.05) is 24.4 Å². The molecule has 3 heterocycles. The maximum atomic E-state index is 13.3. The second kappa shape index (κ2) is 11.7. The first-order chi connectivity index (χ1) is 17.5. The molecule has 2 atom stereocenters. The molecule has 0 radical (unpaired) electrons. The van der Waals surface area contributed by atoms with Gasteiger partial charge in [-0.25, -0.2) is 9.79 Å². The molecule has 1 amide bonds. The largest absolute Gasteiger partial charge is 0.497 e. The second-order valence-electron chi connectivity index (χ2n) is 8.50. The number of nitrogens with one attached hydrogen (secondary N) is 1. The van der Waals surface area contributed by atoms with Gasteiger partial charge in [0.2, 0.25) is 5.91 Å². The van der Waals surface area contributed by atoms with Crippen LogP contribution in [0.3, 0.4) is 0 Å². The summed E-state index contributed by atoms with van der Waals surface area (Å²) in [7, 11) is 3.15. The lowest BCUT2D eigenvalue weighted by molar-refractivity contribution is -0.138. The summed E-state index contributed by atoms with van der Waals surface area (Å²) in [6, 6.07) is 4.79. The van der Waals surface area contributed by atoms with E-state index in [1.807, 2.05) is 16.4 Å². The van der Waals surface area contributed by atoms with Gasteiger partial charge in [0.15, 0.2) is 5.17 Å². The van der Waals surface area contributed by atoms with E-state index in [1.54, 1.807) is 33.3 Å². The number of hydrogen-bond acceptors (Lipinski definition) is 9. The lowest BCUT2D eigenvalue weighted by Crippen LogP contribution is -2.39. The predicted molar refractivity (Wildman–Crippen MR) is 138 cm³/mol. The minimum atomic E-state index is -0.632. The van der Waals surface area contributed by atoms with Gasteiger partial charge in [0, 0.05) is 24.4 Å². The Morgan fingerprint density at radius 1 is 1.33 bits per heavy atom. The summed E-state index contributed by atoms with van der Waals surface area (Å²) in [5.41, 5.74) is 2.32. The summed E-state index contributed by atoms with van der Waals surface area (Å²) in [6.07, 6.45) is 3.65. The van der Waals surface area contributed by atoms with E-state index in [9.17, 15) is 9.59 Å². The van der Waals surface area contributed by atoms with Gasteiger partial charge in [-0.05, 0) is 43.4 Å².